The van der Waals surface area contributed by atoms with E-state index in [1.807, 2.05) is 18.6 Å². The van der Waals surface area contributed by atoms with E-state index < -0.39 is 0 Å². The largest absolute Gasteiger partial charge is 0.261 e. The highest BCUT2D eigenvalue weighted by molar-refractivity contribution is 5.56. The van der Waals surface area contributed by atoms with E-state index in [0.717, 1.165) is 41.6 Å². The molecule has 0 amide bonds. The molecule has 2 fully saturated rings. The lowest BCUT2D eigenvalue weighted by molar-refractivity contribution is 0.552. The van der Waals surface area contributed by atoms with Crippen LogP contribution in [0.5, 0.6) is 0 Å². The SMILES string of the molecule is c1cc(CCCCCCCCCC2CC2)ncc1-c1cnc(CCCCCCCCCC2CC2)cn1. The summed E-state index contributed by atoms with van der Waals surface area (Å²) in [6.07, 6.45) is 36.4. The zero-order valence-electron chi connectivity index (χ0n) is 22.9. The van der Waals surface area contributed by atoms with Crippen LogP contribution in [-0.4, -0.2) is 15.0 Å². The second-order valence-electron chi connectivity index (χ2n) is 11.8. The Labute approximate surface area is 221 Å². The Balaban J connectivity index is 1.01. The molecule has 0 aliphatic heterocycles. The van der Waals surface area contributed by atoms with E-state index in [1.165, 1.54) is 134 Å². The first-order valence-corrected chi connectivity index (χ1v) is 15.6. The van der Waals surface area contributed by atoms with Gasteiger partial charge in [-0.3, -0.25) is 15.0 Å². The fraction of sp³-hybridized carbons (Fsp3) is 0.727. The zero-order valence-corrected chi connectivity index (χ0v) is 22.9. The van der Waals surface area contributed by atoms with E-state index in [1.54, 1.807) is 0 Å². The summed E-state index contributed by atoms with van der Waals surface area (Å²) in [6.45, 7) is 0. The van der Waals surface area contributed by atoms with Crippen molar-refractivity contribution in [2.75, 3.05) is 0 Å². The van der Waals surface area contributed by atoms with Crippen molar-refractivity contribution in [1.29, 1.82) is 0 Å². The van der Waals surface area contributed by atoms with E-state index in [4.69, 9.17) is 4.98 Å². The van der Waals surface area contributed by atoms with Crippen molar-refractivity contribution < 1.29 is 0 Å². The van der Waals surface area contributed by atoms with Crippen LogP contribution in [0.15, 0.2) is 30.7 Å². The van der Waals surface area contributed by atoms with Gasteiger partial charge in [0.1, 0.15) is 0 Å². The molecule has 0 N–H and O–H groups in total. The predicted octanol–water partition coefficient (Wildman–Crippen LogP) is 9.69. The van der Waals surface area contributed by atoms with Gasteiger partial charge in [-0.1, -0.05) is 116 Å². The summed E-state index contributed by atoms with van der Waals surface area (Å²) in [4.78, 5) is 14.0. The first kappa shape index (κ1) is 27.3. The van der Waals surface area contributed by atoms with Crippen molar-refractivity contribution in [2.45, 2.75) is 141 Å². The van der Waals surface area contributed by atoms with Crippen molar-refractivity contribution in [3.05, 3.63) is 42.1 Å². The quantitative estimate of drug-likeness (QED) is 0.164. The molecule has 0 bridgehead atoms. The second-order valence-corrected chi connectivity index (χ2v) is 11.8. The smallest absolute Gasteiger partial charge is 0.0900 e. The first-order valence-electron chi connectivity index (χ1n) is 15.6. The maximum atomic E-state index is 4.70. The molecular formula is C33H51N3. The molecule has 0 atom stereocenters. The van der Waals surface area contributed by atoms with Gasteiger partial charge in [0.15, 0.2) is 0 Å². The van der Waals surface area contributed by atoms with Gasteiger partial charge in [0, 0.05) is 23.7 Å². The number of pyridine rings is 1. The Morgan fingerprint density at radius 1 is 0.472 bits per heavy atom. The average molecular weight is 490 g/mol. The monoisotopic (exact) mass is 489 g/mol. The van der Waals surface area contributed by atoms with E-state index in [0.29, 0.717) is 0 Å². The molecule has 36 heavy (non-hydrogen) atoms. The molecule has 2 saturated carbocycles. The van der Waals surface area contributed by atoms with Gasteiger partial charge < -0.3 is 0 Å². The van der Waals surface area contributed by atoms with Gasteiger partial charge in [0.05, 0.1) is 17.6 Å². The Morgan fingerprint density at radius 2 is 0.972 bits per heavy atom. The third kappa shape index (κ3) is 11.5. The van der Waals surface area contributed by atoms with Gasteiger partial charge in [-0.15, -0.1) is 0 Å². The van der Waals surface area contributed by atoms with Gasteiger partial charge in [-0.25, -0.2) is 0 Å². The van der Waals surface area contributed by atoms with Crippen molar-refractivity contribution >= 4 is 0 Å². The number of aromatic nitrogens is 3. The second kappa shape index (κ2) is 16.2. The molecule has 2 aromatic rings. The van der Waals surface area contributed by atoms with Crippen molar-refractivity contribution in [2.24, 2.45) is 11.8 Å². The fourth-order valence-electron chi connectivity index (χ4n) is 5.42. The third-order valence-corrected chi connectivity index (χ3v) is 8.31. The third-order valence-electron chi connectivity index (χ3n) is 8.31. The maximum Gasteiger partial charge on any atom is 0.0900 e. The van der Waals surface area contributed by atoms with Gasteiger partial charge in [0.25, 0.3) is 0 Å². The minimum atomic E-state index is 0.936. The standard InChI is InChI=1S/C33H51N3/c1(3-7-11-15-28-19-20-28)5-9-13-17-31-24-23-30(25-34-31)33-27-35-32(26-36-33)18-14-10-6-2-4-8-12-16-29-21-22-29/h23-29H,1-22H2. The van der Waals surface area contributed by atoms with E-state index in [2.05, 4.69) is 22.1 Å². The molecule has 3 nitrogen and oxygen atoms in total. The molecule has 0 unspecified atom stereocenters. The molecule has 3 heteroatoms. The topological polar surface area (TPSA) is 38.7 Å². The lowest BCUT2D eigenvalue weighted by Crippen LogP contribution is -1.95. The van der Waals surface area contributed by atoms with Gasteiger partial charge >= 0.3 is 0 Å². The van der Waals surface area contributed by atoms with Crippen LogP contribution >= 0.6 is 0 Å². The van der Waals surface area contributed by atoms with Crippen LogP contribution < -0.4 is 0 Å². The molecule has 2 heterocycles. The number of aryl methyl sites for hydroxylation is 2. The number of rotatable bonds is 21. The first-order chi connectivity index (χ1) is 17.9. The summed E-state index contributed by atoms with van der Waals surface area (Å²) in [5.74, 6) is 2.21. The van der Waals surface area contributed by atoms with Gasteiger partial charge in [-0.2, -0.15) is 0 Å². The molecule has 0 spiro atoms. The van der Waals surface area contributed by atoms with Gasteiger partial charge in [0.2, 0.25) is 0 Å². The predicted molar refractivity (Wildman–Crippen MR) is 152 cm³/mol. The summed E-state index contributed by atoms with van der Waals surface area (Å²) in [7, 11) is 0. The Kier molecular flexibility index (Phi) is 12.2. The highest BCUT2D eigenvalue weighted by Gasteiger charge is 2.20. The Morgan fingerprint density at radius 3 is 1.44 bits per heavy atom. The van der Waals surface area contributed by atoms with Crippen LogP contribution in [0.4, 0.5) is 0 Å². The number of hydrogen-bond donors (Lipinski definition) is 0. The van der Waals surface area contributed by atoms with Crippen LogP contribution in [0.1, 0.15) is 140 Å². The fourth-order valence-corrected chi connectivity index (χ4v) is 5.42. The zero-order chi connectivity index (χ0) is 24.7. The molecule has 198 valence electrons. The van der Waals surface area contributed by atoms with Gasteiger partial charge in [-0.05, 0) is 49.7 Å². The lowest BCUT2D eigenvalue weighted by atomic mass is 10.0. The molecule has 4 rings (SSSR count). The van der Waals surface area contributed by atoms with Crippen molar-refractivity contribution in [3.8, 4) is 11.3 Å². The van der Waals surface area contributed by atoms with Crippen LogP contribution in [0.3, 0.4) is 0 Å². The summed E-state index contributed by atoms with van der Waals surface area (Å²) in [5.41, 5.74) is 4.34. The Bertz CT molecular complexity index is 750. The van der Waals surface area contributed by atoms with Crippen LogP contribution in [0.2, 0.25) is 0 Å². The molecule has 0 saturated heterocycles. The summed E-state index contributed by atoms with van der Waals surface area (Å²) >= 11 is 0. The minimum absolute atomic E-state index is 0.936. The highest BCUT2D eigenvalue weighted by Crippen LogP contribution is 2.34. The van der Waals surface area contributed by atoms with Crippen LogP contribution in [0, 0.1) is 11.8 Å². The van der Waals surface area contributed by atoms with E-state index in [-0.39, 0.29) is 0 Å². The average Bonchev–Trinajstić information content (AvgIpc) is 3.84. The molecule has 2 aliphatic carbocycles. The van der Waals surface area contributed by atoms with Crippen molar-refractivity contribution in [1.82, 2.24) is 15.0 Å². The van der Waals surface area contributed by atoms with Crippen LogP contribution in [0.25, 0.3) is 11.3 Å². The number of nitrogens with zero attached hydrogens (tertiary/aromatic N) is 3. The molecule has 0 aromatic carbocycles. The normalized spacial score (nSPS) is 15.4. The highest BCUT2D eigenvalue weighted by atomic mass is 14.8. The Hall–Kier alpha value is -1.77. The summed E-state index contributed by atoms with van der Waals surface area (Å²) in [5, 5.41) is 0. The summed E-state index contributed by atoms with van der Waals surface area (Å²) < 4.78 is 0. The lowest BCUT2D eigenvalue weighted by Gasteiger charge is -2.05. The minimum Gasteiger partial charge on any atom is -0.261 e. The van der Waals surface area contributed by atoms with E-state index in [9.17, 15) is 0 Å². The number of unbranched alkanes of at least 4 members (excludes halogenated alkanes) is 12. The van der Waals surface area contributed by atoms with E-state index >= 15 is 0 Å². The van der Waals surface area contributed by atoms with Crippen molar-refractivity contribution in [3.63, 3.8) is 0 Å². The summed E-state index contributed by atoms with van der Waals surface area (Å²) in [6, 6.07) is 4.34. The maximum absolute atomic E-state index is 4.70. The number of hydrogen-bond acceptors (Lipinski definition) is 3. The molecule has 2 aromatic heterocycles. The van der Waals surface area contributed by atoms with Crippen LogP contribution in [-0.2, 0) is 12.8 Å². The molecule has 0 radical (unpaired) electrons. The molecular weight excluding hydrogens is 438 g/mol. The molecule has 2 aliphatic rings.